The van der Waals surface area contributed by atoms with E-state index in [0.29, 0.717) is 37.0 Å². The lowest BCUT2D eigenvalue weighted by atomic mass is 10.1. The number of carbonyl (C=O) groups excluding carboxylic acids is 1. The number of anilines is 1. The third-order valence-electron chi connectivity index (χ3n) is 5.13. The fourth-order valence-electron chi connectivity index (χ4n) is 3.41. The Morgan fingerprint density at radius 3 is 2.45 bits per heavy atom. The monoisotopic (exact) mass is 438 g/mol. The standard InChI is InChI=1S/C23H23ClN4O3/c1-30-19-6-2-4-17(14-19)21-8-9-22(26-25-21)27-10-12-28(13-11-27)23(29)16-31-20-7-3-5-18(24)15-20/h2-9,14-15H,10-13,16H2,1H3. The van der Waals surface area contributed by atoms with Crippen LogP contribution in [0, 0.1) is 0 Å². The average Bonchev–Trinajstić information content (AvgIpc) is 2.83. The van der Waals surface area contributed by atoms with Crippen LogP contribution in [0.4, 0.5) is 5.82 Å². The smallest absolute Gasteiger partial charge is 0.260 e. The van der Waals surface area contributed by atoms with Gasteiger partial charge in [0.2, 0.25) is 0 Å². The molecule has 0 bridgehead atoms. The van der Waals surface area contributed by atoms with E-state index in [2.05, 4.69) is 15.1 Å². The predicted octanol–water partition coefficient (Wildman–Crippen LogP) is 3.53. The third kappa shape index (κ3) is 5.24. The van der Waals surface area contributed by atoms with E-state index in [0.717, 1.165) is 22.8 Å². The van der Waals surface area contributed by atoms with Crippen molar-refractivity contribution in [2.24, 2.45) is 0 Å². The van der Waals surface area contributed by atoms with E-state index in [-0.39, 0.29) is 12.5 Å². The van der Waals surface area contributed by atoms with Crippen LogP contribution in [0.1, 0.15) is 0 Å². The number of rotatable bonds is 6. The molecule has 160 valence electrons. The van der Waals surface area contributed by atoms with Gasteiger partial charge < -0.3 is 19.3 Å². The van der Waals surface area contributed by atoms with Crippen LogP contribution in [0.3, 0.4) is 0 Å². The van der Waals surface area contributed by atoms with Crippen molar-refractivity contribution in [2.75, 3.05) is 44.8 Å². The Morgan fingerprint density at radius 2 is 1.74 bits per heavy atom. The molecule has 1 fully saturated rings. The van der Waals surface area contributed by atoms with Crippen LogP contribution >= 0.6 is 11.6 Å². The summed E-state index contributed by atoms with van der Waals surface area (Å²) >= 11 is 5.94. The average molecular weight is 439 g/mol. The fourth-order valence-corrected chi connectivity index (χ4v) is 3.59. The van der Waals surface area contributed by atoms with Gasteiger partial charge in [0.25, 0.3) is 5.91 Å². The second-order valence-electron chi connectivity index (χ2n) is 7.12. The highest BCUT2D eigenvalue weighted by Crippen LogP contribution is 2.23. The van der Waals surface area contributed by atoms with Crippen LogP contribution in [-0.4, -0.2) is 60.9 Å². The van der Waals surface area contributed by atoms with Crippen LogP contribution in [-0.2, 0) is 4.79 Å². The number of nitrogens with zero attached hydrogens (tertiary/aromatic N) is 4. The van der Waals surface area contributed by atoms with Crippen LogP contribution in [0.25, 0.3) is 11.3 Å². The van der Waals surface area contributed by atoms with Crippen molar-refractivity contribution in [1.29, 1.82) is 0 Å². The van der Waals surface area contributed by atoms with Crippen molar-refractivity contribution in [2.45, 2.75) is 0 Å². The van der Waals surface area contributed by atoms with Gasteiger partial charge in [-0.3, -0.25) is 4.79 Å². The van der Waals surface area contributed by atoms with E-state index in [9.17, 15) is 4.79 Å². The zero-order valence-electron chi connectivity index (χ0n) is 17.2. The van der Waals surface area contributed by atoms with Gasteiger partial charge in [0.05, 0.1) is 12.8 Å². The molecule has 0 unspecified atom stereocenters. The topological polar surface area (TPSA) is 67.8 Å². The molecule has 0 radical (unpaired) electrons. The fraction of sp³-hybridized carbons (Fsp3) is 0.261. The highest BCUT2D eigenvalue weighted by molar-refractivity contribution is 6.30. The van der Waals surface area contributed by atoms with Gasteiger partial charge in [0, 0.05) is 36.8 Å². The SMILES string of the molecule is COc1cccc(-c2ccc(N3CCN(C(=O)COc4cccc(Cl)c4)CC3)nn2)c1. The molecule has 8 heteroatoms. The van der Waals surface area contributed by atoms with Gasteiger partial charge in [-0.1, -0.05) is 29.8 Å². The van der Waals surface area contributed by atoms with Gasteiger partial charge in [-0.05, 0) is 42.5 Å². The summed E-state index contributed by atoms with van der Waals surface area (Å²) in [5.74, 6) is 2.13. The number of aromatic nitrogens is 2. The van der Waals surface area contributed by atoms with Crippen molar-refractivity contribution in [3.05, 3.63) is 65.7 Å². The van der Waals surface area contributed by atoms with Crippen molar-refractivity contribution >= 4 is 23.3 Å². The Kier molecular flexibility index (Phi) is 6.52. The van der Waals surface area contributed by atoms with E-state index in [1.807, 2.05) is 36.4 Å². The van der Waals surface area contributed by atoms with Gasteiger partial charge >= 0.3 is 0 Å². The van der Waals surface area contributed by atoms with Crippen LogP contribution in [0.2, 0.25) is 5.02 Å². The number of halogens is 1. The molecule has 0 atom stereocenters. The van der Waals surface area contributed by atoms with Crippen LogP contribution in [0.15, 0.2) is 60.7 Å². The second kappa shape index (κ2) is 9.66. The zero-order valence-corrected chi connectivity index (χ0v) is 18.0. The maximum atomic E-state index is 12.5. The highest BCUT2D eigenvalue weighted by Gasteiger charge is 2.22. The number of hydrogen-bond acceptors (Lipinski definition) is 6. The van der Waals surface area contributed by atoms with E-state index in [1.165, 1.54) is 0 Å². The van der Waals surface area contributed by atoms with E-state index in [4.69, 9.17) is 21.1 Å². The van der Waals surface area contributed by atoms with Crippen molar-refractivity contribution < 1.29 is 14.3 Å². The molecule has 1 amide bonds. The predicted molar refractivity (Wildman–Crippen MR) is 120 cm³/mol. The highest BCUT2D eigenvalue weighted by atomic mass is 35.5. The van der Waals surface area contributed by atoms with E-state index in [1.54, 1.807) is 36.3 Å². The van der Waals surface area contributed by atoms with Crippen LogP contribution in [0.5, 0.6) is 11.5 Å². The molecule has 4 rings (SSSR count). The summed E-state index contributed by atoms with van der Waals surface area (Å²) in [6, 6.07) is 18.7. The quantitative estimate of drug-likeness (QED) is 0.586. The minimum absolute atomic E-state index is 0.00458. The molecule has 2 aromatic carbocycles. The number of methoxy groups -OCH3 is 1. The number of hydrogen-bond donors (Lipinski definition) is 0. The Labute approximate surface area is 186 Å². The first-order valence-corrected chi connectivity index (χ1v) is 10.4. The molecule has 1 saturated heterocycles. The Bertz CT molecular complexity index is 1040. The van der Waals surface area contributed by atoms with E-state index < -0.39 is 0 Å². The van der Waals surface area contributed by atoms with Gasteiger partial charge in [0.1, 0.15) is 11.5 Å². The summed E-state index contributed by atoms with van der Waals surface area (Å²) in [6.07, 6.45) is 0. The van der Waals surface area contributed by atoms with Crippen molar-refractivity contribution in [1.82, 2.24) is 15.1 Å². The summed E-state index contributed by atoms with van der Waals surface area (Å²) in [4.78, 5) is 16.4. The summed E-state index contributed by atoms with van der Waals surface area (Å²) in [5, 5.41) is 9.33. The molecule has 7 nitrogen and oxygen atoms in total. The Morgan fingerprint density at radius 1 is 0.968 bits per heavy atom. The molecule has 2 heterocycles. The molecule has 1 aliphatic rings. The Balaban J connectivity index is 1.30. The Hall–Kier alpha value is -3.32. The zero-order chi connectivity index (χ0) is 21.6. The number of benzene rings is 2. The number of ether oxygens (including phenoxy) is 2. The molecule has 0 saturated carbocycles. The minimum Gasteiger partial charge on any atom is -0.497 e. The minimum atomic E-state index is -0.0425. The molecule has 0 aliphatic carbocycles. The lowest BCUT2D eigenvalue weighted by Gasteiger charge is -2.35. The van der Waals surface area contributed by atoms with E-state index >= 15 is 0 Å². The first kappa shape index (κ1) is 20.9. The summed E-state index contributed by atoms with van der Waals surface area (Å²) in [6.45, 7) is 2.59. The van der Waals surface area contributed by atoms with Gasteiger partial charge in [0.15, 0.2) is 12.4 Å². The van der Waals surface area contributed by atoms with Crippen molar-refractivity contribution in [3.8, 4) is 22.8 Å². The number of piperazine rings is 1. The molecular weight excluding hydrogens is 416 g/mol. The van der Waals surface area contributed by atoms with Gasteiger partial charge in [-0.15, -0.1) is 10.2 Å². The number of amides is 1. The molecule has 1 aliphatic heterocycles. The normalized spacial score (nSPS) is 13.7. The summed E-state index contributed by atoms with van der Waals surface area (Å²) in [7, 11) is 1.64. The van der Waals surface area contributed by atoms with Crippen LogP contribution < -0.4 is 14.4 Å². The second-order valence-corrected chi connectivity index (χ2v) is 7.56. The molecular formula is C23H23ClN4O3. The molecule has 0 N–H and O–H groups in total. The van der Waals surface area contributed by atoms with Gasteiger partial charge in [-0.25, -0.2) is 0 Å². The lowest BCUT2D eigenvalue weighted by Crippen LogP contribution is -2.50. The maximum Gasteiger partial charge on any atom is 0.260 e. The maximum absolute atomic E-state index is 12.5. The third-order valence-corrected chi connectivity index (χ3v) is 5.37. The summed E-state index contributed by atoms with van der Waals surface area (Å²) < 4.78 is 10.8. The molecule has 31 heavy (non-hydrogen) atoms. The molecule has 1 aromatic heterocycles. The first-order chi connectivity index (χ1) is 15.1. The lowest BCUT2D eigenvalue weighted by molar-refractivity contribution is -0.133. The largest absolute Gasteiger partial charge is 0.497 e. The van der Waals surface area contributed by atoms with Gasteiger partial charge in [-0.2, -0.15) is 0 Å². The first-order valence-electron chi connectivity index (χ1n) is 10.0. The number of carbonyl (C=O) groups is 1. The molecule has 3 aromatic rings. The summed E-state index contributed by atoms with van der Waals surface area (Å²) in [5.41, 5.74) is 1.74. The molecule has 0 spiro atoms. The van der Waals surface area contributed by atoms with Crippen molar-refractivity contribution in [3.63, 3.8) is 0 Å².